The number of hydrogen-bond donors (Lipinski definition) is 1. The molecule has 0 fully saturated rings. The topological polar surface area (TPSA) is 69.6 Å². The second kappa shape index (κ2) is 4.13. The van der Waals surface area contributed by atoms with Gasteiger partial charge in [-0.2, -0.15) is 13.2 Å². The Balaban J connectivity index is 2.52. The molecule has 0 aliphatic heterocycles. The second-order valence-corrected chi connectivity index (χ2v) is 3.18. The van der Waals surface area contributed by atoms with Crippen LogP contribution < -0.4 is 5.73 Å². The van der Waals surface area contributed by atoms with Gasteiger partial charge in [-0.05, 0) is 12.1 Å². The minimum Gasteiger partial charge on any atom is -0.324 e. The summed E-state index contributed by atoms with van der Waals surface area (Å²) in [5.41, 5.74) is 4.42. The largest absolute Gasteiger partial charge is 0.420 e. The Kier molecular flexibility index (Phi) is 2.80. The van der Waals surface area contributed by atoms with Gasteiger partial charge in [0.15, 0.2) is 11.6 Å². The van der Waals surface area contributed by atoms with Gasteiger partial charge < -0.3 is 5.73 Å². The molecular formula is C9H8F3N5. The van der Waals surface area contributed by atoms with Crippen molar-refractivity contribution in [3.05, 3.63) is 36.0 Å². The first kappa shape index (κ1) is 11.5. The van der Waals surface area contributed by atoms with Crippen molar-refractivity contribution in [3.8, 4) is 5.82 Å². The molecule has 2 rings (SSSR count). The predicted octanol–water partition coefficient (Wildman–Crippen LogP) is 1.14. The van der Waals surface area contributed by atoms with E-state index in [0.717, 1.165) is 17.1 Å². The van der Waals surface area contributed by atoms with Crippen molar-refractivity contribution >= 4 is 0 Å². The van der Waals surface area contributed by atoms with Crippen molar-refractivity contribution in [1.29, 1.82) is 0 Å². The smallest absolute Gasteiger partial charge is 0.324 e. The van der Waals surface area contributed by atoms with Gasteiger partial charge in [0.05, 0.1) is 6.54 Å². The van der Waals surface area contributed by atoms with E-state index in [-0.39, 0.29) is 18.2 Å². The Labute approximate surface area is 94.1 Å². The third-order valence-corrected chi connectivity index (χ3v) is 2.03. The lowest BCUT2D eigenvalue weighted by molar-refractivity contribution is -0.137. The number of alkyl halides is 3. The molecule has 5 nitrogen and oxygen atoms in total. The molecule has 0 aliphatic carbocycles. The minimum absolute atomic E-state index is 0.0567. The molecule has 0 radical (unpaired) electrons. The molecule has 17 heavy (non-hydrogen) atoms. The van der Waals surface area contributed by atoms with E-state index in [1.807, 2.05) is 0 Å². The average Bonchev–Trinajstić information content (AvgIpc) is 2.76. The summed E-state index contributed by atoms with van der Waals surface area (Å²) in [6.07, 6.45) is -2.08. The molecule has 2 aromatic rings. The fraction of sp³-hybridized carbons (Fsp3) is 0.222. The molecule has 0 atom stereocenters. The standard InChI is InChI=1S/C9H8F3N5/c10-9(11,12)6-2-1-3-14-8(6)17-5-15-7(4-13)16-17/h1-3,5H,4,13H2. The van der Waals surface area contributed by atoms with Crippen LogP contribution in [0.5, 0.6) is 0 Å². The Hall–Kier alpha value is -1.96. The SMILES string of the molecule is NCc1ncn(-c2ncccc2C(F)(F)F)n1. The monoisotopic (exact) mass is 243 g/mol. The Morgan fingerprint density at radius 3 is 2.65 bits per heavy atom. The van der Waals surface area contributed by atoms with Crippen molar-refractivity contribution in [2.24, 2.45) is 5.73 Å². The lowest BCUT2D eigenvalue weighted by Crippen LogP contribution is -2.13. The van der Waals surface area contributed by atoms with E-state index in [0.29, 0.717) is 0 Å². The Bertz CT molecular complexity index is 519. The maximum atomic E-state index is 12.7. The summed E-state index contributed by atoms with van der Waals surface area (Å²) >= 11 is 0. The van der Waals surface area contributed by atoms with Gasteiger partial charge in [-0.1, -0.05) is 0 Å². The molecule has 90 valence electrons. The summed E-state index contributed by atoms with van der Waals surface area (Å²) in [5, 5.41) is 3.79. The molecule has 0 unspecified atom stereocenters. The van der Waals surface area contributed by atoms with Gasteiger partial charge in [-0.3, -0.25) is 0 Å². The first-order valence-corrected chi connectivity index (χ1v) is 4.65. The fourth-order valence-corrected chi connectivity index (χ4v) is 1.29. The zero-order valence-corrected chi connectivity index (χ0v) is 8.52. The number of hydrogen-bond acceptors (Lipinski definition) is 4. The second-order valence-electron chi connectivity index (χ2n) is 3.18. The molecule has 2 N–H and O–H groups in total. The number of nitrogens with zero attached hydrogens (tertiary/aromatic N) is 4. The zero-order chi connectivity index (χ0) is 12.5. The summed E-state index contributed by atoms with van der Waals surface area (Å²) < 4.78 is 39.1. The van der Waals surface area contributed by atoms with Crippen LogP contribution in [0.3, 0.4) is 0 Å². The van der Waals surface area contributed by atoms with Gasteiger partial charge in [0.2, 0.25) is 0 Å². The molecule has 0 saturated carbocycles. The fourth-order valence-electron chi connectivity index (χ4n) is 1.29. The highest BCUT2D eigenvalue weighted by Gasteiger charge is 2.34. The van der Waals surface area contributed by atoms with Crippen molar-refractivity contribution in [2.45, 2.75) is 12.7 Å². The number of nitrogens with two attached hydrogens (primary N) is 1. The van der Waals surface area contributed by atoms with E-state index in [4.69, 9.17) is 5.73 Å². The van der Waals surface area contributed by atoms with Crippen LogP contribution in [0.15, 0.2) is 24.7 Å². The third-order valence-electron chi connectivity index (χ3n) is 2.03. The molecule has 2 aromatic heterocycles. The first-order valence-electron chi connectivity index (χ1n) is 4.65. The van der Waals surface area contributed by atoms with Crippen LogP contribution in [-0.2, 0) is 12.7 Å². The van der Waals surface area contributed by atoms with Gasteiger partial charge >= 0.3 is 6.18 Å². The molecule has 0 spiro atoms. The van der Waals surface area contributed by atoms with Crippen molar-refractivity contribution < 1.29 is 13.2 Å². The normalized spacial score (nSPS) is 11.8. The van der Waals surface area contributed by atoms with Crippen LogP contribution in [-0.4, -0.2) is 19.7 Å². The highest BCUT2D eigenvalue weighted by atomic mass is 19.4. The van der Waals surface area contributed by atoms with Crippen molar-refractivity contribution in [3.63, 3.8) is 0 Å². The summed E-state index contributed by atoms with van der Waals surface area (Å²) in [6, 6.07) is 2.15. The zero-order valence-electron chi connectivity index (χ0n) is 8.52. The Morgan fingerprint density at radius 2 is 2.06 bits per heavy atom. The number of aromatic nitrogens is 4. The molecule has 8 heteroatoms. The van der Waals surface area contributed by atoms with Crippen LogP contribution >= 0.6 is 0 Å². The highest BCUT2D eigenvalue weighted by Crippen LogP contribution is 2.32. The van der Waals surface area contributed by atoms with Crippen LogP contribution in [0.2, 0.25) is 0 Å². The summed E-state index contributed by atoms with van der Waals surface area (Å²) in [4.78, 5) is 7.42. The van der Waals surface area contributed by atoms with Gasteiger partial charge in [0, 0.05) is 6.20 Å². The molecule has 0 aromatic carbocycles. The highest BCUT2D eigenvalue weighted by molar-refractivity contribution is 5.34. The van der Waals surface area contributed by atoms with Gasteiger partial charge in [-0.25, -0.2) is 14.6 Å². The van der Waals surface area contributed by atoms with E-state index < -0.39 is 11.7 Å². The van der Waals surface area contributed by atoms with Crippen LogP contribution in [0.1, 0.15) is 11.4 Å². The first-order chi connectivity index (χ1) is 8.02. The third kappa shape index (κ3) is 2.26. The molecule has 0 aliphatic rings. The summed E-state index contributed by atoms with van der Waals surface area (Å²) in [5.74, 6) is -0.0593. The van der Waals surface area contributed by atoms with Crippen molar-refractivity contribution in [1.82, 2.24) is 19.7 Å². The van der Waals surface area contributed by atoms with E-state index in [9.17, 15) is 13.2 Å². The molecule has 2 heterocycles. The van der Waals surface area contributed by atoms with Crippen molar-refractivity contribution in [2.75, 3.05) is 0 Å². The maximum Gasteiger partial charge on any atom is 0.420 e. The van der Waals surface area contributed by atoms with Gasteiger partial charge in [-0.15, -0.1) is 5.10 Å². The van der Waals surface area contributed by atoms with Crippen LogP contribution in [0.4, 0.5) is 13.2 Å². The lowest BCUT2D eigenvalue weighted by Gasteiger charge is -2.10. The van der Waals surface area contributed by atoms with Gasteiger partial charge in [0.25, 0.3) is 0 Å². The van der Waals surface area contributed by atoms with Crippen LogP contribution in [0.25, 0.3) is 5.82 Å². The number of pyridine rings is 1. The van der Waals surface area contributed by atoms with Gasteiger partial charge in [0.1, 0.15) is 11.9 Å². The van der Waals surface area contributed by atoms with E-state index in [2.05, 4.69) is 15.1 Å². The number of halogens is 3. The summed E-state index contributed by atoms with van der Waals surface area (Å²) in [7, 11) is 0. The van der Waals surface area contributed by atoms with E-state index in [1.165, 1.54) is 12.3 Å². The number of rotatable bonds is 2. The minimum atomic E-state index is -4.49. The lowest BCUT2D eigenvalue weighted by atomic mass is 10.2. The molecule has 0 saturated heterocycles. The predicted molar refractivity (Wildman–Crippen MR) is 52.0 cm³/mol. The van der Waals surface area contributed by atoms with E-state index >= 15 is 0 Å². The quantitative estimate of drug-likeness (QED) is 0.858. The Morgan fingerprint density at radius 1 is 1.29 bits per heavy atom. The molecule has 0 bridgehead atoms. The summed E-state index contributed by atoms with van der Waals surface area (Å²) in [6.45, 7) is 0.0567. The average molecular weight is 243 g/mol. The van der Waals surface area contributed by atoms with E-state index in [1.54, 1.807) is 0 Å². The molecule has 0 amide bonds. The van der Waals surface area contributed by atoms with Crippen LogP contribution in [0, 0.1) is 0 Å². The molecular weight excluding hydrogens is 235 g/mol. The maximum absolute atomic E-state index is 12.7.